The summed E-state index contributed by atoms with van der Waals surface area (Å²) in [6.07, 6.45) is 0. The van der Waals surface area contributed by atoms with E-state index in [2.05, 4.69) is 10.3 Å². The molecule has 0 spiro atoms. The summed E-state index contributed by atoms with van der Waals surface area (Å²) in [6, 6.07) is 21.9. The highest BCUT2D eigenvalue weighted by atomic mass is 16.5. The van der Waals surface area contributed by atoms with Crippen molar-refractivity contribution in [3.05, 3.63) is 84.1 Å². The van der Waals surface area contributed by atoms with E-state index in [9.17, 15) is 9.90 Å². The van der Waals surface area contributed by atoms with Crippen molar-refractivity contribution in [1.29, 1.82) is 0 Å². The number of ether oxygens (including phenoxy) is 1. The smallest absolute Gasteiger partial charge is 0.143 e. The van der Waals surface area contributed by atoms with Crippen LogP contribution in [0.15, 0.2) is 72.8 Å². The van der Waals surface area contributed by atoms with E-state index in [1.54, 1.807) is 12.1 Å². The molecule has 0 bridgehead atoms. The van der Waals surface area contributed by atoms with Crippen molar-refractivity contribution in [2.45, 2.75) is 6.61 Å². The van der Waals surface area contributed by atoms with Crippen molar-refractivity contribution in [3.63, 3.8) is 0 Å². The molecule has 2 aromatic carbocycles. The van der Waals surface area contributed by atoms with Gasteiger partial charge in [0.2, 0.25) is 0 Å². The van der Waals surface area contributed by atoms with Crippen molar-refractivity contribution < 1.29 is 14.6 Å². The molecule has 3 aromatic rings. The van der Waals surface area contributed by atoms with Crippen molar-refractivity contribution in [3.8, 4) is 5.75 Å². The average Bonchev–Trinajstić information content (AvgIpc) is 2.62. The molecule has 120 valence electrons. The third kappa shape index (κ3) is 3.89. The van der Waals surface area contributed by atoms with Crippen LogP contribution >= 0.6 is 0 Å². The lowest BCUT2D eigenvalue weighted by molar-refractivity contribution is -0.255. The number of anilines is 2. The van der Waals surface area contributed by atoms with Gasteiger partial charge in [0.1, 0.15) is 18.2 Å². The highest BCUT2D eigenvalue weighted by molar-refractivity contribution is 5.84. The molecule has 5 heteroatoms. The maximum Gasteiger partial charge on any atom is 0.143 e. The quantitative estimate of drug-likeness (QED) is 0.756. The van der Waals surface area contributed by atoms with Gasteiger partial charge in [-0.3, -0.25) is 0 Å². The summed E-state index contributed by atoms with van der Waals surface area (Å²) in [5.41, 5.74) is 1.64. The lowest BCUT2D eigenvalue weighted by atomic mass is 10.2. The number of hydrogen-bond donors (Lipinski definition) is 1. The van der Waals surface area contributed by atoms with E-state index in [-0.39, 0.29) is 5.69 Å². The van der Waals surface area contributed by atoms with Gasteiger partial charge in [-0.25, -0.2) is 4.98 Å². The highest BCUT2D eigenvalue weighted by Crippen LogP contribution is 2.27. The highest BCUT2D eigenvalue weighted by Gasteiger charge is 2.05. The Morgan fingerprint density at radius 2 is 1.71 bits per heavy atom. The Morgan fingerprint density at radius 3 is 2.50 bits per heavy atom. The van der Waals surface area contributed by atoms with Crippen LogP contribution in [0.25, 0.3) is 0 Å². The molecule has 0 saturated carbocycles. The van der Waals surface area contributed by atoms with E-state index < -0.39 is 5.97 Å². The summed E-state index contributed by atoms with van der Waals surface area (Å²) in [6.45, 7) is 0.437. The monoisotopic (exact) mass is 319 g/mol. The molecule has 1 heterocycles. The van der Waals surface area contributed by atoms with Crippen LogP contribution < -0.4 is 15.2 Å². The number of aromatic nitrogens is 1. The van der Waals surface area contributed by atoms with Crippen LogP contribution in [0.4, 0.5) is 11.5 Å². The Hall–Kier alpha value is -3.34. The average molecular weight is 319 g/mol. The van der Waals surface area contributed by atoms with Crippen molar-refractivity contribution in [2.75, 3.05) is 5.32 Å². The largest absolute Gasteiger partial charge is 0.543 e. The van der Waals surface area contributed by atoms with Gasteiger partial charge in [0.25, 0.3) is 0 Å². The minimum atomic E-state index is -1.31. The second kappa shape index (κ2) is 7.28. The molecule has 24 heavy (non-hydrogen) atoms. The van der Waals surface area contributed by atoms with Crippen LogP contribution in [0.3, 0.4) is 0 Å². The van der Waals surface area contributed by atoms with Crippen molar-refractivity contribution >= 4 is 17.5 Å². The fraction of sp³-hybridized carbons (Fsp3) is 0.0526. The molecule has 0 aliphatic carbocycles. The fourth-order valence-electron chi connectivity index (χ4n) is 2.19. The number of carbonyl (C=O) groups excluding carboxylic acids is 1. The Balaban J connectivity index is 1.77. The fourth-order valence-corrected chi connectivity index (χ4v) is 2.19. The number of nitrogens with one attached hydrogen (secondary N) is 1. The first-order valence-electron chi connectivity index (χ1n) is 7.43. The number of rotatable bonds is 6. The molecule has 0 radical (unpaired) electrons. The van der Waals surface area contributed by atoms with Gasteiger partial charge in [-0.15, -0.1) is 0 Å². The zero-order valence-electron chi connectivity index (χ0n) is 12.8. The van der Waals surface area contributed by atoms with Crippen molar-refractivity contribution in [1.82, 2.24) is 4.98 Å². The molecule has 1 N–H and O–H groups in total. The molecule has 0 saturated heterocycles. The molecule has 0 unspecified atom stereocenters. The minimum absolute atomic E-state index is 0.123. The number of carboxylic acid groups (broad SMARTS) is 1. The summed E-state index contributed by atoms with van der Waals surface area (Å²) < 4.78 is 5.85. The Kier molecular flexibility index (Phi) is 4.72. The summed E-state index contributed by atoms with van der Waals surface area (Å²) in [7, 11) is 0. The van der Waals surface area contributed by atoms with Gasteiger partial charge in [0.15, 0.2) is 0 Å². The normalized spacial score (nSPS) is 10.2. The first-order chi connectivity index (χ1) is 11.7. The van der Waals surface area contributed by atoms with E-state index in [1.165, 1.54) is 6.07 Å². The van der Waals surface area contributed by atoms with Gasteiger partial charge in [-0.2, -0.15) is 0 Å². The van der Waals surface area contributed by atoms with Gasteiger partial charge >= 0.3 is 0 Å². The topological polar surface area (TPSA) is 74.3 Å². The van der Waals surface area contributed by atoms with Crippen LogP contribution in [0.1, 0.15) is 16.1 Å². The second-order valence-corrected chi connectivity index (χ2v) is 5.09. The van der Waals surface area contributed by atoms with Gasteiger partial charge in [0, 0.05) is 0 Å². The molecule has 0 fully saturated rings. The van der Waals surface area contributed by atoms with Crippen LogP contribution in [0, 0.1) is 0 Å². The maximum atomic E-state index is 10.9. The standard InChI is InChI=1S/C19H16N2O3/c22-19(23)16-10-6-12-18(21-16)20-15-9-4-5-11-17(15)24-13-14-7-2-1-3-8-14/h1-12H,13H2,(H,20,21)(H,22,23)/p-1. The summed E-state index contributed by atoms with van der Waals surface area (Å²) in [4.78, 5) is 14.9. The number of hydrogen-bond acceptors (Lipinski definition) is 5. The van der Waals surface area contributed by atoms with Gasteiger partial charge in [-0.1, -0.05) is 48.5 Å². The van der Waals surface area contributed by atoms with Crippen LogP contribution in [0.5, 0.6) is 5.75 Å². The van der Waals surface area contributed by atoms with Crippen LogP contribution in [-0.4, -0.2) is 11.0 Å². The van der Waals surface area contributed by atoms with Gasteiger partial charge in [-0.05, 0) is 29.8 Å². The predicted molar refractivity (Wildman–Crippen MR) is 89.1 cm³/mol. The minimum Gasteiger partial charge on any atom is -0.543 e. The molecule has 0 amide bonds. The number of para-hydroxylation sites is 2. The SMILES string of the molecule is O=C([O-])c1cccc(Nc2ccccc2OCc2ccccc2)n1. The molecular formula is C19H15N2O3-. The summed E-state index contributed by atoms with van der Waals surface area (Å²) in [5.74, 6) is -0.248. The third-order valence-corrected chi connectivity index (χ3v) is 3.35. The lowest BCUT2D eigenvalue weighted by Gasteiger charge is -2.13. The summed E-state index contributed by atoms with van der Waals surface area (Å²) in [5, 5.41) is 14.0. The van der Waals surface area contributed by atoms with E-state index in [1.807, 2.05) is 54.6 Å². The number of carbonyl (C=O) groups is 1. The zero-order chi connectivity index (χ0) is 16.8. The number of aromatic carboxylic acids is 1. The number of benzene rings is 2. The Bertz CT molecular complexity index is 835. The molecule has 3 rings (SSSR count). The molecule has 0 atom stereocenters. The second-order valence-electron chi connectivity index (χ2n) is 5.09. The zero-order valence-corrected chi connectivity index (χ0v) is 12.8. The van der Waals surface area contributed by atoms with E-state index >= 15 is 0 Å². The van der Waals surface area contributed by atoms with Crippen molar-refractivity contribution in [2.24, 2.45) is 0 Å². The van der Waals surface area contributed by atoms with Gasteiger partial charge < -0.3 is 20.0 Å². The lowest BCUT2D eigenvalue weighted by Crippen LogP contribution is -2.23. The van der Waals surface area contributed by atoms with E-state index in [0.29, 0.717) is 23.9 Å². The predicted octanol–water partition coefficient (Wildman–Crippen LogP) is 2.77. The maximum absolute atomic E-state index is 10.9. The van der Waals surface area contributed by atoms with E-state index in [4.69, 9.17) is 4.74 Å². The Labute approximate surface area is 139 Å². The molecule has 0 aliphatic rings. The molecule has 0 aliphatic heterocycles. The number of carboxylic acids is 1. The number of nitrogens with zero attached hydrogens (tertiary/aromatic N) is 1. The molecule has 1 aromatic heterocycles. The third-order valence-electron chi connectivity index (χ3n) is 3.35. The first-order valence-corrected chi connectivity index (χ1v) is 7.43. The molecular weight excluding hydrogens is 304 g/mol. The first kappa shape index (κ1) is 15.6. The van der Waals surface area contributed by atoms with E-state index in [0.717, 1.165) is 5.56 Å². The van der Waals surface area contributed by atoms with Crippen LogP contribution in [-0.2, 0) is 6.61 Å². The number of pyridine rings is 1. The van der Waals surface area contributed by atoms with Crippen LogP contribution in [0.2, 0.25) is 0 Å². The Morgan fingerprint density at radius 1 is 0.958 bits per heavy atom. The molecule has 5 nitrogen and oxygen atoms in total. The summed E-state index contributed by atoms with van der Waals surface area (Å²) >= 11 is 0. The van der Waals surface area contributed by atoms with Gasteiger partial charge in [0.05, 0.1) is 17.4 Å².